The Kier molecular flexibility index (Phi) is 6.11. The number of hydrogen-bond donors (Lipinski definition) is 2. The van der Waals surface area contributed by atoms with Gasteiger partial charge in [-0.1, -0.05) is 19.1 Å². The maximum absolute atomic E-state index is 12.1. The second-order valence-corrected chi connectivity index (χ2v) is 5.99. The first-order valence-corrected chi connectivity index (χ1v) is 8.80. The van der Waals surface area contributed by atoms with Crippen molar-refractivity contribution in [3.05, 3.63) is 54.1 Å². The van der Waals surface area contributed by atoms with Crippen molar-refractivity contribution in [2.24, 2.45) is 0 Å². The molecule has 1 aliphatic rings. The van der Waals surface area contributed by atoms with E-state index in [9.17, 15) is 14.4 Å². The van der Waals surface area contributed by atoms with E-state index in [0.29, 0.717) is 29.2 Å². The Morgan fingerprint density at radius 1 is 1.04 bits per heavy atom. The Balaban J connectivity index is 1.42. The fourth-order valence-corrected chi connectivity index (χ4v) is 2.49. The second kappa shape index (κ2) is 8.90. The Bertz CT molecular complexity index is 865. The lowest BCUT2D eigenvalue weighted by molar-refractivity contribution is -0.135. The highest BCUT2D eigenvalue weighted by atomic mass is 16.6. The minimum Gasteiger partial charge on any atom is -0.485 e. The topological polar surface area (TPSA) is 103 Å². The van der Waals surface area contributed by atoms with E-state index in [-0.39, 0.29) is 19.0 Å². The average Bonchev–Trinajstić information content (AvgIpc) is 2.75. The summed E-state index contributed by atoms with van der Waals surface area (Å²) >= 11 is 0. The van der Waals surface area contributed by atoms with Crippen LogP contribution in [-0.4, -0.2) is 36.9 Å². The maximum Gasteiger partial charge on any atom is 0.283 e. The Morgan fingerprint density at radius 3 is 2.46 bits per heavy atom. The summed E-state index contributed by atoms with van der Waals surface area (Å²) in [6.45, 7) is 1.53. The number of Topliss-reactive ketones (excluding diaryl/α,β-unsaturated/α-hetero) is 1. The normalized spacial score (nSPS) is 14.7. The number of nitrogens with one attached hydrogen (secondary N) is 2. The van der Waals surface area contributed by atoms with Gasteiger partial charge in [0.1, 0.15) is 12.4 Å². The molecule has 0 fully saturated rings. The molecule has 2 aromatic carbocycles. The van der Waals surface area contributed by atoms with Crippen molar-refractivity contribution in [1.29, 1.82) is 0 Å². The Labute approximate surface area is 161 Å². The van der Waals surface area contributed by atoms with Crippen molar-refractivity contribution in [2.75, 3.05) is 13.2 Å². The molecule has 3 rings (SSSR count). The van der Waals surface area contributed by atoms with Crippen LogP contribution in [-0.2, 0) is 9.59 Å². The van der Waals surface area contributed by atoms with Crippen molar-refractivity contribution in [2.45, 2.75) is 19.4 Å². The molecule has 1 heterocycles. The molecule has 0 bridgehead atoms. The number of carbonyl (C=O) groups excluding carboxylic acids is 3. The van der Waals surface area contributed by atoms with Crippen molar-refractivity contribution >= 4 is 17.6 Å². The molecule has 28 heavy (non-hydrogen) atoms. The predicted molar refractivity (Wildman–Crippen MR) is 99.2 cm³/mol. The third-order valence-electron chi connectivity index (χ3n) is 3.99. The third-order valence-corrected chi connectivity index (χ3v) is 3.99. The number of fused-ring (bicyclic) bond motifs is 1. The number of carbonyl (C=O) groups is 3. The summed E-state index contributed by atoms with van der Waals surface area (Å²) in [5, 5.41) is 0. The van der Waals surface area contributed by atoms with Gasteiger partial charge in [0, 0.05) is 12.0 Å². The fourth-order valence-electron chi connectivity index (χ4n) is 2.49. The van der Waals surface area contributed by atoms with Crippen LogP contribution in [0.15, 0.2) is 48.5 Å². The smallest absolute Gasteiger partial charge is 0.283 e. The van der Waals surface area contributed by atoms with Gasteiger partial charge < -0.3 is 14.2 Å². The second-order valence-electron chi connectivity index (χ2n) is 5.99. The van der Waals surface area contributed by atoms with Gasteiger partial charge >= 0.3 is 0 Å². The fraction of sp³-hybridized carbons (Fsp3) is 0.250. The van der Waals surface area contributed by atoms with E-state index in [2.05, 4.69) is 10.9 Å². The Hall–Kier alpha value is -3.55. The molecule has 0 radical (unpaired) electrons. The zero-order valence-electron chi connectivity index (χ0n) is 15.3. The van der Waals surface area contributed by atoms with E-state index < -0.39 is 17.9 Å². The van der Waals surface area contributed by atoms with E-state index in [1.165, 1.54) is 0 Å². The number of hydrazine groups is 1. The van der Waals surface area contributed by atoms with E-state index >= 15 is 0 Å². The number of para-hydroxylation sites is 2. The van der Waals surface area contributed by atoms with Gasteiger partial charge in [-0.05, 0) is 36.4 Å². The van der Waals surface area contributed by atoms with Crippen LogP contribution in [0.2, 0.25) is 0 Å². The van der Waals surface area contributed by atoms with Gasteiger partial charge in [0.15, 0.2) is 23.9 Å². The molecule has 146 valence electrons. The summed E-state index contributed by atoms with van der Waals surface area (Å²) < 4.78 is 16.3. The van der Waals surface area contributed by atoms with Gasteiger partial charge in [0.25, 0.3) is 11.8 Å². The highest BCUT2D eigenvalue weighted by molar-refractivity contribution is 5.95. The first-order valence-electron chi connectivity index (χ1n) is 8.80. The van der Waals surface area contributed by atoms with E-state index in [1.54, 1.807) is 55.5 Å². The highest BCUT2D eigenvalue weighted by Gasteiger charge is 2.27. The molecule has 2 N–H and O–H groups in total. The van der Waals surface area contributed by atoms with Crippen LogP contribution in [0.5, 0.6) is 17.2 Å². The van der Waals surface area contributed by atoms with Crippen molar-refractivity contribution in [3.8, 4) is 17.2 Å². The molecule has 0 spiro atoms. The number of ether oxygens (including phenoxy) is 3. The molecule has 0 saturated heterocycles. The molecule has 0 unspecified atom stereocenters. The number of ketones is 1. The van der Waals surface area contributed by atoms with Crippen LogP contribution in [0.3, 0.4) is 0 Å². The van der Waals surface area contributed by atoms with Gasteiger partial charge in [-0.2, -0.15) is 0 Å². The Morgan fingerprint density at radius 2 is 1.75 bits per heavy atom. The lowest BCUT2D eigenvalue weighted by Crippen LogP contribution is -2.51. The first-order chi connectivity index (χ1) is 13.6. The van der Waals surface area contributed by atoms with Crippen molar-refractivity contribution in [1.82, 2.24) is 10.9 Å². The predicted octanol–water partition coefficient (Wildman–Crippen LogP) is 1.65. The van der Waals surface area contributed by atoms with Gasteiger partial charge in [-0.15, -0.1) is 0 Å². The molecular formula is C20H20N2O6. The SMILES string of the molecule is CCC(=O)c1ccc(OCC(=O)NNC(=O)[C@H]2COc3ccccc3O2)cc1. The molecule has 8 heteroatoms. The molecule has 0 aromatic heterocycles. The van der Waals surface area contributed by atoms with Gasteiger partial charge in [0.05, 0.1) is 0 Å². The summed E-state index contributed by atoms with van der Waals surface area (Å²) in [6, 6.07) is 13.5. The van der Waals surface area contributed by atoms with Gasteiger partial charge in [-0.25, -0.2) is 0 Å². The van der Waals surface area contributed by atoms with Crippen LogP contribution in [0.25, 0.3) is 0 Å². The number of amides is 2. The zero-order valence-corrected chi connectivity index (χ0v) is 15.3. The first kappa shape index (κ1) is 19.2. The molecular weight excluding hydrogens is 364 g/mol. The lowest BCUT2D eigenvalue weighted by atomic mass is 10.1. The van der Waals surface area contributed by atoms with E-state index in [1.807, 2.05) is 0 Å². The van der Waals surface area contributed by atoms with Crippen LogP contribution in [0, 0.1) is 0 Å². The number of benzene rings is 2. The summed E-state index contributed by atoms with van der Waals surface area (Å²) in [7, 11) is 0. The van der Waals surface area contributed by atoms with Crippen LogP contribution < -0.4 is 25.1 Å². The summed E-state index contributed by atoms with van der Waals surface area (Å²) in [5.74, 6) is 0.423. The van der Waals surface area contributed by atoms with Crippen LogP contribution >= 0.6 is 0 Å². The molecule has 0 aliphatic carbocycles. The summed E-state index contributed by atoms with van der Waals surface area (Å²) in [5.41, 5.74) is 5.13. The minimum absolute atomic E-state index is 0.0311. The van der Waals surface area contributed by atoms with Crippen LogP contribution in [0.1, 0.15) is 23.7 Å². The highest BCUT2D eigenvalue weighted by Crippen LogP contribution is 2.30. The van der Waals surface area contributed by atoms with E-state index in [0.717, 1.165) is 0 Å². The standard InChI is InChI=1S/C20H20N2O6/c1-2-15(23)13-7-9-14(10-8-13)26-12-19(24)21-22-20(25)18-11-27-16-5-3-4-6-17(16)28-18/h3-10,18H,2,11-12H2,1H3,(H,21,24)(H,22,25)/t18-/m1/s1. The largest absolute Gasteiger partial charge is 0.485 e. The average molecular weight is 384 g/mol. The molecule has 1 atom stereocenters. The maximum atomic E-state index is 12.1. The van der Waals surface area contributed by atoms with Crippen LogP contribution in [0.4, 0.5) is 0 Å². The molecule has 0 saturated carbocycles. The quantitative estimate of drug-likeness (QED) is 0.580. The molecule has 2 aromatic rings. The molecule has 8 nitrogen and oxygen atoms in total. The third kappa shape index (κ3) is 4.79. The molecule has 1 aliphatic heterocycles. The van der Waals surface area contributed by atoms with Gasteiger partial charge in [0.2, 0.25) is 6.10 Å². The van der Waals surface area contributed by atoms with Gasteiger partial charge in [-0.3, -0.25) is 25.2 Å². The summed E-state index contributed by atoms with van der Waals surface area (Å²) in [4.78, 5) is 35.5. The number of rotatable bonds is 6. The monoisotopic (exact) mass is 384 g/mol. The lowest BCUT2D eigenvalue weighted by Gasteiger charge is -2.25. The van der Waals surface area contributed by atoms with E-state index in [4.69, 9.17) is 14.2 Å². The van der Waals surface area contributed by atoms with Crippen molar-refractivity contribution < 1.29 is 28.6 Å². The summed E-state index contributed by atoms with van der Waals surface area (Å²) in [6.07, 6.45) is -0.455. The zero-order chi connectivity index (χ0) is 19.9. The number of hydrogen-bond acceptors (Lipinski definition) is 6. The van der Waals surface area contributed by atoms with Crippen molar-refractivity contribution in [3.63, 3.8) is 0 Å². The molecule has 2 amide bonds. The minimum atomic E-state index is -0.875.